The highest BCUT2D eigenvalue weighted by molar-refractivity contribution is 5.60. The number of aliphatic hydroxyl groups is 2. The summed E-state index contributed by atoms with van der Waals surface area (Å²) in [6, 6.07) is 20.2. The second-order valence-electron chi connectivity index (χ2n) is 8.27. The van der Waals surface area contributed by atoms with Gasteiger partial charge in [0.05, 0.1) is 26.9 Å². The van der Waals surface area contributed by atoms with Crippen LogP contribution >= 0.6 is 0 Å². The molecular formula is C26H26O6. The number of hydrogen-bond donors (Lipinski definition) is 2. The van der Waals surface area contributed by atoms with Gasteiger partial charge in [-0.1, -0.05) is 42.5 Å². The molecule has 2 aliphatic rings. The molecule has 1 saturated carbocycles. The molecule has 2 bridgehead atoms. The molecule has 0 saturated heterocycles. The van der Waals surface area contributed by atoms with Gasteiger partial charge in [0.1, 0.15) is 34.7 Å². The quantitative estimate of drug-likeness (QED) is 0.637. The molecule has 0 spiro atoms. The monoisotopic (exact) mass is 434 g/mol. The van der Waals surface area contributed by atoms with Gasteiger partial charge in [0.25, 0.3) is 0 Å². The van der Waals surface area contributed by atoms with E-state index in [-0.39, 0.29) is 0 Å². The largest absolute Gasteiger partial charge is 0.497 e. The van der Waals surface area contributed by atoms with Crippen molar-refractivity contribution in [3.05, 3.63) is 83.4 Å². The Hall–Kier alpha value is -3.22. The first-order chi connectivity index (χ1) is 15.5. The first kappa shape index (κ1) is 20.7. The van der Waals surface area contributed by atoms with E-state index >= 15 is 0 Å². The Kier molecular flexibility index (Phi) is 4.80. The lowest BCUT2D eigenvalue weighted by atomic mass is 9.68. The lowest BCUT2D eigenvalue weighted by Crippen LogP contribution is -2.56. The van der Waals surface area contributed by atoms with Gasteiger partial charge in [-0.2, -0.15) is 0 Å². The number of benzene rings is 3. The van der Waals surface area contributed by atoms with Gasteiger partial charge in [-0.25, -0.2) is 0 Å². The van der Waals surface area contributed by atoms with Gasteiger partial charge < -0.3 is 29.2 Å². The van der Waals surface area contributed by atoms with Crippen molar-refractivity contribution < 1.29 is 29.2 Å². The van der Waals surface area contributed by atoms with Gasteiger partial charge in [0.2, 0.25) is 0 Å². The summed E-state index contributed by atoms with van der Waals surface area (Å²) in [5.74, 6) is 1.67. The Bertz CT molecular complexity index is 1130. The highest BCUT2D eigenvalue weighted by Crippen LogP contribution is 2.66. The van der Waals surface area contributed by atoms with Gasteiger partial charge in [-0.15, -0.1) is 0 Å². The first-order valence-electron chi connectivity index (χ1n) is 10.5. The van der Waals surface area contributed by atoms with E-state index in [0.717, 1.165) is 11.3 Å². The Morgan fingerprint density at radius 3 is 2.12 bits per heavy atom. The molecule has 6 nitrogen and oxygen atoms in total. The molecule has 1 heterocycles. The van der Waals surface area contributed by atoms with Crippen LogP contribution < -0.4 is 18.9 Å². The molecule has 0 radical (unpaired) electrons. The molecule has 0 amide bonds. The maximum atomic E-state index is 12.6. The third-order valence-corrected chi connectivity index (χ3v) is 6.88. The second kappa shape index (κ2) is 7.43. The normalized spacial score (nSPS) is 27.9. The van der Waals surface area contributed by atoms with Crippen molar-refractivity contribution >= 4 is 0 Å². The highest BCUT2D eigenvalue weighted by atomic mass is 16.5. The average Bonchev–Trinajstić information content (AvgIpc) is 2.97. The zero-order chi connectivity index (χ0) is 22.5. The minimum Gasteiger partial charge on any atom is -0.497 e. The molecule has 3 aromatic rings. The molecule has 2 N–H and O–H groups in total. The van der Waals surface area contributed by atoms with Crippen LogP contribution in [-0.2, 0) is 11.2 Å². The van der Waals surface area contributed by atoms with E-state index in [0.29, 0.717) is 34.8 Å². The van der Waals surface area contributed by atoms with Gasteiger partial charge in [-0.05, 0) is 29.7 Å². The molecular weight excluding hydrogens is 408 g/mol. The van der Waals surface area contributed by atoms with Crippen LogP contribution in [0.25, 0.3) is 0 Å². The summed E-state index contributed by atoms with van der Waals surface area (Å²) < 4.78 is 22.7. The summed E-state index contributed by atoms with van der Waals surface area (Å²) in [5.41, 5.74) is -1.51. The Morgan fingerprint density at radius 2 is 1.50 bits per heavy atom. The van der Waals surface area contributed by atoms with E-state index in [1.165, 1.54) is 7.11 Å². The average molecular weight is 434 g/mol. The zero-order valence-electron chi connectivity index (χ0n) is 18.2. The Balaban J connectivity index is 1.78. The Labute approximate surface area is 186 Å². The van der Waals surface area contributed by atoms with Crippen LogP contribution in [0.2, 0.25) is 0 Å². The van der Waals surface area contributed by atoms with Crippen molar-refractivity contribution in [3.63, 3.8) is 0 Å². The minimum absolute atomic E-state index is 0.398. The summed E-state index contributed by atoms with van der Waals surface area (Å²) in [4.78, 5) is 0. The van der Waals surface area contributed by atoms with Crippen molar-refractivity contribution in [2.75, 3.05) is 21.3 Å². The van der Waals surface area contributed by atoms with E-state index in [2.05, 4.69) is 0 Å². The lowest BCUT2D eigenvalue weighted by molar-refractivity contribution is -0.195. The van der Waals surface area contributed by atoms with Crippen molar-refractivity contribution in [2.45, 2.75) is 29.6 Å². The molecule has 32 heavy (non-hydrogen) atoms. The van der Waals surface area contributed by atoms with Gasteiger partial charge >= 0.3 is 0 Å². The van der Waals surface area contributed by atoms with Crippen LogP contribution in [-0.4, -0.2) is 37.6 Å². The van der Waals surface area contributed by atoms with Crippen molar-refractivity contribution in [2.24, 2.45) is 0 Å². The zero-order valence-corrected chi connectivity index (χ0v) is 18.2. The maximum Gasteiger partial charge on any atom is 0.160 e. The van der Waals surface area contributed by atoms with Crippen LogP contribution in [0, 0.1) is 0 Å². The van der Waals surface area contributed by atoms with E-state index in [1.54, 1.807) is 26.4 Å². The van der Waals surface area contributed by atoms with E-state index in [4.69, 9.17) is 18.9 Å². The molecule has 1 aliphatic heterocycles. The van der Waals surface area contributed by atoms with Gasteiger partial charge in [-0.3, -0.25) is 0 Å². The fraction of sp³-hybridized carbons (Fsp3) is 0.308. The third-order valence-electron chi connectivity index (χ3n) is 6.88. The number of rotatable bonds is 5. The number of hydrogen-bond acceptors (Lipinski definition) is 6. The smallest absolute Gasteiger partial charge is 0.160 e. The number of fused-ring (bicyclic) bond motifs is 4. The molecule has 5 rings (SSSR count). The van der Waals surface area contributed by atoms with E-state index in [9.17, 15) is 10.2 Å². The van der Waals surface area contributed by atoms with Gasteiger partial charge in [0.15, 0.2) is 5.60 Å². The molecule has 4 atom stereocenters. The molecule has 6 heteroatoms. The molecule has 1 aliphatic carbocycles. The molecule has 0 unspecified atom stereocenters. The molecule has 1 fully saturated rings. The van der Waals surface area contributed by atoms with Crippen LogP contribution in [0.1, 0.15) is 29.0 Å². The number of methoxy groups -OCH3 is 3. The minimum atomic E-state index is -1.71. The highest BCUT2D eigenvalue weighted by Gasteiger charge is 2.71. The SMILES string of the molecule is COc1ccc([C@H]2C[C@@H]3Oc4cc(OC)cc(OC)c4[C@@]2(O)[C@@]3(O)c2ccccc2)cc1. The van der Waals surface area contributed by atoms with E-state index < -0.39 is 23.2 Å². The molecule has 3 aromatic carbocycles. The fourth-order valence-electron chi connectivity index (χ4n) is 5.34. The van der Waals surface area contributed by atoms with Crippen molar-refractivity contribution in [1.82, 2.24) is 0 Å². The van der Waals surface area contributed by atoms with Crippen LogP contribution in [0.4, 0.5) is 0 Å². The Morgan fingerprint density at radius 1 is 0.812 bits per heavy atom. The topological polar surface area (TPSA) is 77.4 Å². The third kappa shape index (κ3) is 2.66. The first-order valence-corrected chi connectivity index (χ1v) is 10.5. The lowest BCUT2D eigenvalue weighted by Gasteiger charge is -2.48. The summed E-state index contributed by atoms with van der Waals surface area (Å²) in [5, 5.41) is 24.8. The van der Waals surface area contributed by atoms with Crippen LogP contribution in [0.5, 0.6) is 23.0 Å². The fourth-order valence-corrected chi connectivity index (χ4v) is 5.34. The standard InChI is InChI=1S/C26H26O6/c1-29-18-11-9-16(10-12-18)20-15-23-25(27,17-7-5-4-6-8-17)26(20,28)24-21(31-3)13-19(30-2)14-22(24)32-23/h4-14,20,23,27-28H,15H2,1-3H3/t20-,23+,25-,26-/m1/s1. The number of ether oxygens (including phenoxy) is 4. The summed E-state index contributed by atoms with van der Waals surface area (Å²) in [7, 11) is 4.71. The predicted molar refractivity (Wildman–Crippen MR) is 119 cm³/mol. The summed E-state index contributed by atoms with van der Waals surface area (Å²) in [6.45, 7) is 0. The van der Waals surface area contributed by atoms with Gasteiger partial charge in [0, 0.05) is 18.1 Å². The van der Waals surface area contributed by atoms with Crippen LogP contribution in [0.15, 0.2) is 66.7 Å². The summed E-state index contributed by atoms with van der Waals surface area (Å²) in [6.07, 6.45) is -0.264. The van der Waals surface area contributed by atoms with Crippen molar-refractivity contribution in [3.8, 4) is 23.0 Å². The molecule has 166 valence electrons. The predicted octanol–water partition coefficient (Wildman–Crippen LogP) is 3.74. The van der Waals surface area contributed by atoms with Crippen molar-refractivity contribution in [1.29, 1.82) is 0 Å². The molecule has 0 aromatic heterocycles. The summed E-state index contributed by atoms with van der Waals surface area (Å²) >= 11 is 0. The van der Waals surface area contributed by atoms with Crippen LogP contribution in [0.3, 0.4) is 0 Å². The second-order valence-corrected chi connectivity index (χ2v) is 8.27. The maximum absolute atomic E-state index is 12.6. The van der Waals surface area contributed by atoms with E-state index in [1.807, 2.05) is 54.6 Å².